The predicted molar refractivity (Wildman–Crippen MR) is 83.2 cm³/mol. The van der Waals surface area contributed by atoms with E-state index in [1.807, 2.05) is 0 Å². The van der Waals surface area contributed by atoms with Crippen LogP contribution in [0.4, 0.5) is 10.1 Å². The van der Waals surface area contributed by atoms with Crippen LogP contribution < -0.4 is 10.6 Å². The molecule has 1 aliphatic carbocycles. The molecule has 23 heavy (non-hydrogen) atoms. The van der Waals surface area contributed by atoms with Gasteiger partial charge in [0.25, 0.3) is 0 Å². The van der Waals surface area contributed by atoms with Gasteiger partial charge in [0.2, 0.25) is 11.8 Å². The normalized spacial score (nSPS) is 22.2. The van der Waals surface area contributed by atoms with Gasteiger partial charge in [-0.25, -0.2) is 4.39 Å². The van der Waals surface area contributed by atoms with Crippen LogP contribution in [0.2, 0.25) is 0 Å². The highest BCUT2D eigenvalue weighted by molar-refractivity contribution is 5.95. The number of carbonyl (C=O) groups excluding carboxylic acids is 2. The standard InChI is InChI=1S/C17H16FN3O2/c18-17(12-5-2-1-3-6-12)9-14(17)16(23)20-11-15(22)21-13-7-4-8-19-10-13/h1-8,10,14H,9,11H2,(H,20,23)(H,21,22). The van der Waals surface area contributed by atoms with Crippen LogP contribution in [-0.2, 0) is 15.3 Å². The zero-order valence-electron chi connectivity index (χ0n) is 12.3. The summed E-state index contributed by atoms with van der Waals surface area (Å²) in [5.74, 6) is -1.56. The number of rotatable bonds is 5. The van der Waals surface area contributed by atoms with Gasteiger partial charge in [-0.15, -0.1) is 0 Å². The smallest absolute Gasteiger partial charge is 0.243 e. The van der Waals surface area contributed by atoms with Gasteiger partial charge < -0.3 is 10.6 Å². The molecule has 1 fully saturated rings. The van der Waals surface area contributed by atoms with Gasteiger partial charge in [-0.2, -0.15) is 0 Å². The lowest BCUT2D eigenvalue weighted by atomic mass is 10.1. The molecule has 0 saturated heterocycles. The Labute approximate surface area is 132 Å². The molecule has 5 nitrogen and oxygen atoms in total. The quantitative estimate of drug-likeness (QED) is 0.887. The summed E-state index contributed by atoms with van der Waals surface area (Å²) < 4.78 is 14.6. The minimum Gasteiger partial charge on any atom is -0.347 e. The molecular weight excluding hydrogens is 297 g/mol. The molecule has 1 aliphatic rings. The number of halogens is 1. The maximum absolute atomic E-state index is 14.6. The lowest BCUT2D eigenvalue weighted by molar-refractivity contribution is -0.125. The number of aromatic nitrogens is 1. The Kier molecular flexibility index (Phi) is 4.06. The average molecular weight is 313 g/mol. The average Bonchev–Trinajstić information content (AvgIpc) is 3.28. The number of alkyl halides is 1. The topological polar surface area (TPSA) is 71.1 Å². The van der Waals surface area contributed by atoms with Gasteiger partial charge in [0.1, 0.15) is 5.67 Å². The summed E-state index contributed by atoms with van der Waals surface area (Å²) >= 11 is 0. The van der Waals surface area contributed by atoms with Gasteiger partial charge in [-0.1, -0.05) is 30.3 Å². The van der Waals surface area contributed by atoms with Crippen molar-refractivity contribution in [3.8, 4) is 0 Å². The molecule has 2 aromatic rings. The van der Waals surface area contributed by atoms with Gasteiger partial charge in [0.05, 0.1) is 24.3 Å². The molecule has 1 heterocycles. The Bertz CT molecular complexity index is 708. The van der Waals surface area contributed by atoms with E-state index < -0.39 is 17.5 Å². The number of anilines is 1. The van der Waals surface area contributed by atoms with Crippen LogP contribution in [0.15, 0.2) is 54.9 Å². The highest BCUT2D eigenvalue weighted by Crippen LogP contribution is 2.55. The molecule has 2 unspecified atom stereocenters. The van der Waals surface area contributed by atoms with Gasteiger partial charge in [-0.05, 0) is 17.7 Å². The minimum atomic E-state index is -1.62. The number of nitrogens with zero attached hydrogens (tertiary/aromatic N) is 1. The van der Waals surface area contributed by atoms with Crippen molar-refractivity contribution in [3.05, 3.63) is 60.4 Å². The molecule has 2 N–H and O–H groups in total. The molecule has 0 spiro atoms. The van der Waals surface area contributed by atoms with Crippen molar-refractivity contribution in [1.82, 2.24) is 10.3 Å². The Morgan fingerprint density at radius 2 is 2.00 bits per heavy atom. The second kappa shape index (κ2) is 6.16. The van der Waals surface area contributed by atoms with Crippen LogP contribution in [0.5, 0.6) is 0 Å². The molecule has 118 valence electrons. The Morgan fingerprint density at radius 3 is 2.70 bits per heavy atom. The van der Waals surface area contributed by atoms with Crippen LogP contribution in [0.3, 0.4) is 0 Å². The van der Waals surface area contributed by atoms with Crippen LogP contribution in [0, 0.1) is 5.92 Å². The molecule has 6 heteroatoms. The van der Waals surface area contributed by atoms with E-state index in [-0.39, 0.29) is 18.9 Å². The molecule has 1 aromatic carbocycles. The molecule has 0 bridgehead atoms. The zero-order valence-corrected chi connectivity index (χ0v) is 12.3. The lowest BCUT2D eigenvalue weighted by Crippen LogP contribution is -2.35. The zero-order chi connectivity index (χ0) is 16.3. The van der Waals surface area contributed by atoms with Gasteiger partial charge in [0.15, 0.2) is 0 Å². The van der Waals surface area contributed by atoms with Gasteiger partial charge in [0, 0.05) is 12.6 Å². The summed E-state index contributed by atoms with van der Waals surface area (Å²) in [7, 11) is 0. The van der Waals surface area contributed by atoms with Crippen molar-refractivity contribution < 1.29 is 14.0 Å². The third kappa shape index (κ3) is 3.36. The summed E-state index contributed by atoms with van der Waals surface area (Å²) in [5, 5.41) is 5.08. The third-order valence-electron chi connectivity index (χ3n) is 3.83. The van der Waals surface area contributed by atoms with Crippen LogP contribution in [0.25, 0.3) is 0 Å². The van der Waals surface area contributed by atoms with E-state index in [0.29, 0.717) is 11.3 Å². The fourth-order valence-corrected chi connectivity index (χ4v) is 2.51. The number of carbonyl (C=O) groups is 2. The number of pyridine rings is 1. The summed E-state index contributed by atoms with van der Waals surface area (Å²) in [4.78, 5) is 27.6. The van der Waals surface area contributed by atoms with Crippen molar-refractivity contribution in [2.45, 2.75) is 12.1 Å². The number of hydrogen-bond acceptors (Lipinski definition) is 3. The van der Waals surface area contributed by atoms with Gasteiger partial charge >= 0.3 is 0 Å². The second-order valence-corrected chi connectivity index (χ2v) is 5.49. The molecule has 2 amide bonds. The Morgan fingerprint density at radius 1 is 1.22 bits per heavy atom. The van der Waals surface area contributed by atoms with Crippen LogP contribution in [0.1, 0.15) is 12.0 Å². The first-order chi connectivity index (χ1) is 11.1. The first-order valence-corrected chi connectivity index (χ1v) is 7.31. The van der Waals surface area contributed by atoms with E-state index in [1.54, 1.807) is 48.7 Å². The molecule has 0 aliphatic heterocycles. The molecule has 0 radical (unpaired) electrons. The number of hydrogen-bond donors (Lipinski definition) is 2. The van der Waals surface area contributed by atoms with E-state index in [9.17, 15) is 14.0 Å². The van der Waals surface area contributed by atoms with Crippen molar-refractivity contribution in [1.29, 1.82) is 0 Å². The first-order valence-electron chi connectivity index (χ1n) is 7.31. The van der Waals surface area contributed by atoms with Crippen molar-refractivity contribution in [3.63, 3.8) is 0 Å². The van der Waals surface area contributed by atoms with E-state index in [4.69, 9.17) is 0 Å². The van der Waals surface area contributed by atoms with E-state index in [2.05, 4.69) is 15.6 Å². The minimum absolute atomic E-state index is 0.146. The second-order valence-electron chi connectivity index (χ2n) is 5.49. The Hall–Kier alpha value is -2.76. The fraction of sp³-hybridized carbons (Fsp3) is 0.235. The van der Waals surface area contributed by atoms with E-state index in [0.717, 1.165) is 0 Å². The Balaban J connectivity index is 1.50. The van der Waals surface area contributed by atoms with Crippen LogP contribution in [-0.4, -0.2) is 23.3 Å². The summed E-state index contributed by atoms with van der Waals surface area (Å²) in [6.45, 7) is -0.199. The fourth-order valence-electron chi connectivity index (χ4n) is 2.51. The third-order valence-corrected chi connectivity index (χ3v) is 3.83. The SMILES string of the molecule is O=C(CNC(=O)C1CC1(F)c1ccccc1)Nc1cccnc1. The van der Waals surface area contributed by atoms with Crippen molar-refractivity contribution in [2.75, 3.05) is 11.9 Å². The lowest BCUT2D eigenvalue weighted by Gasteiger charge is -2.09. The number of nitrogens with one attached hydrogen (secondary N) is 2. The maximum Gasteiger partial charge on any atom is 0.243 e. The highest BCUT2D eigenvalue weighted by atomic mass is 19.1. The van der Waals surface area contributed by atoms with Crippen LogP contribution >= 0.6 is 0 Å². The van der Waals surface area contributed by atoms with Crippen molar-refractivity contribution >= 4 is 17.5 Å². The van der Waals surface area contributed by atoms with Gasteiger partial charge in [-0.3, -0.25) is 14.6 Å². The number of benzene rings is 1. The molecule has 2 atom stereocenters. The molecule has 3 rings (SSSR count). The number of amides is 2. The monoisotopic (exact) mass is 313 g/mol. The highest BCUT2D eigenvalue weighted by Gasteiger charge is 2.60. The van der Waals surface area contributed by atoms with E-state index >= 15 is 0 Å². The molecule has 1 aromatic heterocycles. The maximum atomic E-state index is 14.6. The molecule has 1 saturated carbocycles. The first kappa shape index (κ1) is 15.1. The summed E-state index contributed by atoms with van der Waals surface area (Å²) in [6, 6.07) is 12.0. The summed E-state index contributed by atoms with van der Waals surface area (Å²) in [5.41, 5.74) is -0.576. The predicted octanol–water partition coefficient (Wildman–Crippen LogP) is 2.02. The summed E-state index contributed by atoms with van der Waals surface area (Å²) in [6.07, 6.45) is 3.24. The van der Waals surface area contributed by atoms with E-state index in [1.165, 1.54) is 6.20 Å². The van der Waals surface area contributed by atoms with Crippen molar-refractivity contribution in [2.24, 2.45) is 5.92 Å². The largest absolute Gasteiger partial charge is 0.347 e. The molecular formula is C17H16FN3O2.